The summed E-state index contributed by atoms with van der Waals surface area (Å²) in [6.07, 6.45) is 1.04. The Labute approximate surface area is 62.2 Å². The molecular formula is C3H4ClN3O2S. The van der Waals surface area contributed by atoms with Crippen LogP contribution in [0.5, 0.6) is 0 Å². The second-order valence-electron chi connectivity index (χ2n) is 1.61. The van der Waals surface area contributed by atoms with E-state index in [1.165, 1.54) is 0 Å². The highest BCUT2D eigenvalue weighted by Crippen LogP contribution is 1.98. The maximum atomic E-state index is 10.5. The predicted molar refractivity (Wildman–Crippen MR) is 34.9 cm³/mol. The molecule has 0 aromatic carbocycles. The third kappa shape index (κ3) is 1.45. The first kappa shape index (κ1) is 7.49. The van der Waals surface area contributed by atoms with Gasteiger partial charge < -0.3 is 0 Å². The lowest BCUT2D eigenvalue weighted by molar-refractivity contribution is 0.594. The van der Waals surface area contributed by atoms with Crippen LogP contribution in [0.4, 0.5) is 0 Å². The van der Waals surface area contributed by atoms with Gasteiger partial charge in [0, 0.05) is 10.7 Å². The summed E-state index contributed by atoms with van der Waals surface area (Å²) >= 11 is 0. The van der Waals surface area contributed by atoms with Crippen LogP contribution in [0.1, 0.15) is 5.82 Å². The first-order chi connectivity index (χ1) is 4.50. The number of aryl methyl sites for hydroxylation is 1. The third-order valence-corrected chi connectivity index (χ3v) is 1.86. The van der Waals surface area contributed by atoms with E-state index in [1.807, 2.05) is 0 Å². The van der Waals surface area contributed by atoms with E-state index in [2.05, 4.69) is 10.1 Å². The molecule has 7 heteroatoms. The number of halogens is 1. The maximum Gasteiger partial charge on any atom is 0.341 e. The lowest BCUT2D eigenvalue weighted by Gasteiger charge is -1.88. The zero-order chi connectivity index (χ0) is 7.78. The minimum absolute atomic E-state index is 0.365. The van der Waals surface area contributed by atoms with Crippen molar-refractivity contribution in [3.8, 4) is 0 Å². The second kappa shape index (κ2) is 2.21. The molecule has 0 radical (unpaired) electrons. The molecule has 0 aliphatic rings. The van der Waals surface area contributed by atoms with Crippen molar-refractivity contribution in [1.82, 2.24) is 14.2 Å². The zero-order valence-electron chi connectivity index (χ0n) is 5.02. The van der Waals surface area contributed by atoms with Gasteiger partial charge in [-0.05, 0) is 6.92 Å². The second-order valence-corrected chi connectivity index (χ2v) is 3.97. The monoisotopic (exact) mass is 181 g/mol. The number of nitrogens with zero attached hydrogens (tertiary/aromatic N) is 3. The minimum Gasteiger partial charge on any atom is -0.219 e. The van der Waals surface area contributed by atoms with Crippen molar-refractivity contribution in [2.45, 2.75) is 6.92 Å². The van der Waals surface area contributed by atoms with Crippen LogP contribution in [-0.4, -0.2) is 22.6 Å². The van der Waals surface area contributed by atoms with Crippen molar-refractivity contribution in [3.05, 3.63) is 12.2 Å². The van der Waals surface area contributed by atoms with E-state index in [0.717, 1.165) is 6.33 Å². The Morgan fingerprint density at radius 2 is 2.30 bits per heavy atom. The lowest BCUT2D eigenvalue weighted by Crippen LogP contribution is -2.04. The van der Waals surface area contributed by atoms with Crippen LogP contribution < -0.4 is 0 Å². The Hall–Kier alpha value is -0.620. The van der Waals surface area contributed by atoms with Gasteiger partial charge in [0.05, 0.1) is 0 Å². The van der Waals surface area contributed by atoms with Gasteiger partial charge in [-0.3, -0.25) is 0 Å². The fourth-order valence-corrected chi connectivity index (χ4v) is 1.01. The van der Waals surface area contributed by atoms with Crippen LogP contribution >= 0.6 is 10.7 Å². The van der Waals surface area contributed by atoms with Crippen LogP contribution in [0.15, 0.2) is 6.33 Å². The summed E-state index contributed by atoms with van der Waals surface area (Å²) in [5.74, 6) is 0.365. The largest absolute Gasteiger partial charge is 0.341 e. The molecule has 0 amide bonds. The van der Waals surface area contributed by atoms with E-state index in [1.54, 1.807) is 6.92 Å². The minimum atomic E-state index is -3.77. The SMILES string of the molecule is Cc1ncn(S(=O)(=O)Cl)n1. The van der Waals surface area contributed by atoms with E-state index in [9.17, 15) is 8.42 Å². The topological polar surface area (TPSA) is 64.8 Å². The van der Waals surface area contributed by atoms with Gasteiger partial charge in [-0.25, -0.2) is 4.98 Å². The van der Waals surface area contributed by atoms with Gasteiger partial charge in [-0.1, -0.05) is 0 Å². The normalized spacial score (nSPS) is 11.8. The average Bonchev–Trinajstić information content (AvgIpc) is 2.11. The molecule has 0 atom stereocenters. The Bertz CT molecular complexity index is 329. The van der Waals surface area contributed by atoms with Gasteiger partial charge in [0.15, 0.2) is 0 Å². The zero-order valence-corrected chi connectivity index (χ0v) is 6.59. The molecule has 56 valence electrons. The van der Waals surface area contributed by atoms with E-state index in [4.69, 9.17) is 10.7 Å². The molecule has 10 heavy (non-hydrogen) atoms. The summed E-state index contributed by atoms with van der Waals surface area (Å²) in [4.78, 5) is 3.57. The van der Waals surface area contributed by atoms with Crippen molar-refractivity contribution < 1.29 is 8.42 Å². The van der Waals surface area contributed by atoms with Crippen LogP contribution in [0.25, 0.3) is 0 Å². The van der Waals surface area contributed by atoms with Gasteiger partial charge >= 0.3 is 9.24 Å². The summed E-state index contributed by atoms with van der Waals surface area (Å²) in [6, 6.07) is 0. The molecule has 0 saturated carbocycles. The standard InChI is InChI=1S/C3H4ClN3O2S/c1-3-5-2-7(6-3)10(4,8)9/h2H,1H3. The van der Waals surface area contributed by atoms with Crippen molar-refractivity contribution in [1.29, 1.82) is 0 Å². The maximum absolute atomic E-state index is 10.5. The van der Waals surface area contributed by atoms with Crippen LogP contribution in [-0.2, 0) is 9.24 Å². The quantitative estimate of drug-likeness (QED) is 0.569. The van der Waals surface area contributed by atoms with E-state index in [-0.39, 0.29) is 0 Å². The Balaban J connectivity index is 3.21. The highest BCUT2D eigenvalue weighted by atomic mass is 35.7. The molecule has 0 fully saturated rings. The molecule has 1 rings (SSSR count). The van der Waals surface area contributed by atoms with Crippen LogP contribution in [0.2, 0.25) is 0 Å². The summed E-state index contributed by atoms with van der Waals surface area (Å²) in [5, 5.41) is 3.47. The molecule has 0 saturated heterocycles. The van der Waals surface area contributed by atoms with Gasteiger partial charge in [0.1, 0.15) is 12.2 Å². The fraction of sp³-hybridized carbons (Fsp3) is 0.333. The summed E-state index contributed by atoms with van der Waals surface area (Å²) in [5.41, 5.74) is 0. The van der Waals surface area contributed by atoms with E-state index >= 15 is 0 Å². The molecule has 0 spiro atoms. The van der Waals surface area contributed by atoms with Crippen molar-refractivity contribution >= 4 is 19.9 Å². The predicted octanol–water partition coefficient (Wildman–Crippen LogP) is -0.0818. The highest BCUT2D eigenvalue weighted by Gasteiger charge is 2.08. The fourth-order valence-electron chi connectivity index (χ4n) is 0.432. The highest BCUT2D eigenvalue weighted by molar-refractivity contribution is 8.12. The summed E-state index contributed by atoms with van der Waals surface area (Å²) < 4.78 is 21.5. The first-order valence-corrected chi connectivity index (χ1v) is 4.60. The molecule has 0 N–H and O–H groups in total. The molecule has 0 unspecified atom stereocenters. The molecule has 0 aliphatic heterocycles. The first-order valence-electron chi connectivity index (χ1n) is 2.33. The van der Waals surface area contributed by atoms with Crippen LogP contribution in [0.3, 0.4) is 0 Å². The summed E-state index contributed by atoms with van der Waals surface area (Å²) in [7, 11) is 1.14. The average molecular weight is 182 g/mol. The smallest absolute Gasteiger partial charge is 0.219 e. The van der Waals surface area contributed by atoms with Gasteiger partial charge in [0.2, 0.25) is 0 Å². The lowest BCUT2D eigenvalue weighted by atomic mass is 10.8. The van der Waals surface area contributed by atoms with E-state index < -0.39 is 9.24 Å². The van der Waals surface area contributed by atoms with Crippen molar-refractivity contribution in [3.63, 3.8) is 0 Å². The molecule has 0 aliphatic carbocycles. The molecule has 5 nitrogen and oxygen atoms in total. The Morgan fingerprint density at radius 3 is 2.50 bits per heavy atom. The molecule has 0 bridgehead atoms. The molecule has 1 aromatic rings. The van der Waals surface area contributed by atoms with Crippen molar-refractivity contribution in [2.75, 3.05) is 0 Å². The molecule has 1 heterocycles. The van der Waals surface area contributed by atoms with Gasteiger partial charge in [-0.2, -0.15) is 8.42 Å². The number of aromatic nitrogens is 3. The molecular weight excluding hydrogens is 178 g/mol. The van der Waals surface area contributed by atoms with E-state index in [0.29, 0.717) is 9.91 Å². The van der Waals surface area contributed by atoms with Gasteiger partial charge in [-0.15, -0.1) is 9.19 Å². The van der Waals surface area contributed by atoms with Crippen LogP contribution in [0, 0.1) is 6.92 Å². The molecule has 1 aromatic heterocycles. The van der Waals surface area contributed by atoms with Gasteiger partial charge in [0.25, 0.3) is 0 Å². The Kier molecular flexibility index (Phi) is 1.65. The summed E-state index contributed by atoms with van der Waals surface area (Å²) in [6.45, 7) is 1.57. The number of hydrogen-bond acceptors (Lipinski definition) is 4. The van der Waals surface area contributed by atoms with Crippen molar-refractivity contribution in [2.24, 2.45) is 0 Å². The number of hydrogen-bond donors (Lipinski definition) is 0. The Morgan fingerprint density at radius 1 is 1.70 bits per heavy atom. The third-order valence-electron chi connectivity index (χ3n) is 0.810. The number of rotatable bonds is 1.